The van der Waals surface area contributed by atoms with Gasteiger partial charge in [-0.05, 0) is 31.5 Å². The average molecular weight is 317 g/mol. The van der Waals surface area contributed by atoms with Crippen LogP contribution in [0.2, 0.25) is 0 Å². The van der Waals surface area contributed by atoms with Gasteiger partial charge in [-0.15, -0.1) is 0 Å². The van der Waals surface area contributed by atoms with Crippen molar-refractivity contribution in [3.8, 4) is 5.75 Å². The van der Waals surface area contributed by atoms with E-state index in [1.165, 1.54) is 26.4 Å². The van der Waals surface area contributed by atoms with E-state index in [-0.39, 0.29) is 5.75 Å². The fourth-order valence-electron chi connectivity index (χ4n) is 2.92. The van der Waals surface area contributed by atoms with E-state index in [2.05, 4.69) is 4.99 Å². The number of phenols is 1. The van der Waals surface area contributed by atoms with Crippen molar-refractivity contribution in [1.82, 2.24) is 0 Å². The van der Waals surface area contributed by atoms with Crippen LogP contribution in [0, 0.1) is 5.92 Å². The van der Waals surface area contributed by atoms with E-state index in [0.717, 1.165) is 0 Å². The molecule has 0 amide bonds. The third-order valence-corrected chi connectivity index (χ3v) is 3.92. The molecule has 0 radical (unpaired) electrons. The van der Waals surface area contributed by atoms with Crippen LogP contribution in [-0.4, -0.2) is 37.0 Å². The predicted octanol–water partition coefficient (Wildman–Crippen LogP) is 2.19. The summed E-state index contributed by atoms with van der Waals surface area (Å²) < 4.78 is 9.74. The zero-order chi connectivity index (χ0) is 17.1. The van der Waals surface area contributed by atoms with Crippen molar-refractivity contribution < 1.29 is 24.2 Å². The molecule has 1 N–H and O–H groups in total. The molecule has 1 aromatic rings. The lowest BCUT2D eigenvalue weighted by Crippen LogP contribution is -2.36. The molecule has 0 spiro atoms. The minimum Gasteiger partial charge on any atom is -0.508 e. The van der Waals surface area contributed by atoms with E-state index in [4.69, 9.17) is 9.47 Å². The number of hydrogen-bond acceptors (Lipinski definition) is 6. The SMILES string of the molecule is COC(=O)C1=C(C)N=C(C)C(C(=O)OC)[C@@H]1c1cccc(O)c1. The Hall–Kier alpha value is -2.63. The Balaban J connectivity index is 2.68. The van der Waals surface area contributed by atoms with Crippen molar-refractivity contribution in [1.29, 1.82) is 0 Å². The summed E-state index contributed by atoms with van der Waals surface area (Å²) in [4.78, 5) is 28.8. The van der Waals surface area contributed by atoms with E-state index in [9.17, 15) is 14.7 Å². The van der Waals surface area contributed by atoms with Crippen molar-refractivity contribution in [2.24, 2.45) is 10.9 Å². The highest BCUT2D eigenvalue weighted by Crippen LogP contribution is 2.40. The quantitative estimate of drug-likeness (QED) is 0.864. The number of ether oxygens (including phenoxy) is 2. The molecule has 1 unspecified atom stereocenters. The second-order valence-corrected chi connectivity index (χ2v) is 5.32. The van der Waals surface area contributed by atoms with Gasteiger partial charge in [0.15, 0.2) is 0 Å². The number of carbonyl (C=O) groups is 2. The number of rotatable bonds is 3. The lowest BCUT2D eigenvalue weighted by Gasteiger charge is -2.31. The van der Waals surface area contributed by atoms with Gasteiger partial charge in [0.25, 0.3) is 0 Å². The lowest BCUT2D eigenvalue weighted by atomic mass is 9.75. The predicted molar refractivity (Wildman–Crippen MR) is 84.2 cm³/mol. The van der Waals surface area contributed by atoms with Gasteiger partial charge in [-0.3, -0.25) is 9.79 Å². The van der Waals surface area contributed by atoms with Crippen LogP contribution >= 0.6 is 0 Å². The highest BCUT2D eigenvalue weighted by molar-refractivity contribution is 6.06. The average Bonchev–Trinajstić information content (AvgIpc) is 2.52. The second-order valence-electron chi connectivity index (χ2n) is 5.32. The first-order chi connectivity index (χ1) is 10.9. The van der Waals surface area contributed by atoms with Gasteiger partial charge in [0.2, 0.25) is 0 Å². The minimum atomic E-state index is -0.750. The first-order valence-electron chi connectivity index (χ1n) is 7.11. The van der Waals surface area contributed by atoms with E-state index >= 15 is 0 Å². The Bertz CT molecular complexity index is 705. The molecule has 0 aromatic heterocycles. The molecule has 1 aromatic carbocycles. The van der Waals surface area contributed by atoms with Crippen LogP contribution in [0.5, 0.6) is 5.75 Å². The van der Waals surface area contributed by atoms with Gasteiger partial charge in [0.1, 0.15) is 11.7 Å². The van der Waals surface area contributed by atoms with Crippen molar-refractivity contribution >= 4 is 17.7 Å². The van der Waals surface area contributed by atoms with Crippen molar-refractivity contribution in [2.45, 2.75) is 19.8 Å². The van der Waals surface area contributed by atoms with Crippen molar-refractivity contribution in [3.63, 3.8) is 0 Å². The number of phenolic OH excluding ortho intramolecular Hbond substituents is 1. The molecule has 0 fully saturated rings. The molecule has 2 rings (SSSR count). The maximum Gasteiger partial charge on any atom is 0.336 e. The maximum atomic E-state index is 12.3. The fourth-order valence-corrected chi connectivity index (χ4v) is 2.92. The number of aromatic hydroxyl groups is 1. The number of allylic oxidation sites excluding steroid dienone is 1. The van der Waals surface area contributed by atoms with Crippen LogP contribution in [0.1, 0.15) is 25.3 Å². The molecule has 23 heavy (non-hydrogen) atoms. The summed E-state index contributed by atoms with van der Waals surface area (Å²) in [5.41, 5.74) is 1.95. The number of esters is 2. The van der Waals surface area contributed by atoms with Crippen LogP contribution in [0.3, 0.4) is 0 Å². The number of aliphatic imine (C=N–C) groups is 1. The molecule has 0 aliphatic carbocycles. The van der Waals surface area contributed by atoms with Gasteiger partial charge in [-0.2, -0.15) is 0 Å². The van der Waals surface area contributed by atoms with Crippen molar-refractivity contribution in [3.05, 3.63) is 41.1 Å². The summed E-state index contributed by atoms with van der Waals surface area (Å²) in [5, 5.41) is 9.76. The number of carbonyl (C=O) groups excluding carboxylic acids is 2. The topological polar surface area (TPSA) is 85.2 Å². The molecular weight excluding hydrogens is 298 g/mol. The van der Waals surface area contributed by atoms with Gasteiger partial charge in [0.05, 0.1) is 19.8 Å². The summed E-state index contributed by atoms with van der Waals surface area (Å²) in [7, 11) is 2.57. The molecule has 6 nitrogen and oxygen atoms in total. The van der Waals surface area contributed by atoms with E-state index in [1.54, 1.807) is 26.0 Å². The fraction of sp³-hybridized carbons (Fsp3) is 0.353. The van der Waals surface area contributed by atoms with Gasteiger partial charge in [0, 0.05) is 17.3 Å². The molecule has 0 saturated carbocycles. The normalized spacial score (nSPS) is 20.8. The Kier molecular flexibility index (Phi) is 4.83. The lowest BCUT2D eigenvalue weighted by molar-refractivity contribution is -0.143. The maximum absolute atomic E-state index is 12.3. The van der Waals surface area contributed by atoms with Crippen LogP contribution in [0.4, 0.5) is 0 Å². The monoisotopic (exact) mass is 317 g/mol. The number of benzene rings is 1. The van der Waals surface area contributed by atoms with E-state index in [1.807, 2.05) is 0 Å². The molecule has 6 heteroatoms. The first-order valence-corrected chi connectivity index (χ1v) is 7.11. The van der Waals surface area contributed by atoms with Gasteiger partial charge in [-0.1, -0.05) is 12.1 Å². The number of nitrogens with zero attached hydrogens (tertiary/aromatic N) is 1. The molecule has 122 valence electrons. The molecule has 0 saturated heterocycles. The zero-order valence-electron chi connectivity index (χ0n) is 13.5. The summed E-state index contributed by atoms with van der Waals surface area (Å²) in [6, 6.07) is 6.45. The molecule has 1 aliphatic heterocycles. The Morgan fingerprint density at radius 2 is 1.87 bits per heavy atom. The molecule has 1 aliphatic rings. The largest absolute Gasteiger partial charge is 0.508 e. The van der Waals surface area contributed by atoms with Crippen LogP contribution < -0.4 is 0 Å². The van der Waals surface area contributed by atoms with E-state index < -0.39 is 23.8 Å². The third-order valence-electron chi connectivity index (χ3n) is 3.92. The number of hydrogen-bond donors (Lipinski definition) is 1. The van der Waals surface area contributed by atoms with Gasteiger partial charge >= 0.3 is 11.9 Å². The molecule has 1 heterocycles. The Morgan fingerprint density at radius 3 is 2.43 bits per heavy atom. The Labute approximate surface area is 134 Å². The third kappa shape index (κ3) is 3.11. The highest BCUT2D eigenvalue weighted by Gasteiger charge is 2.42. The summed E-state index contributed by atoms with van der Waals surface area (Å²) >= 11 is 0. The summed E-state index contributed by atoms with van der Waals surface area (Å²) in [5.74, 6) is -2.37. The second kappa shape index (κ2) is 6.64. The molecule has 2 atom stereocenters. The van der Waals surface area contributed by atoms with Crippen molar-refractivity contribution in [2.75, 3.05) is 14.2 Å². The van der Waals surface area contributed by atoms with Crippen LogP contribution in [0.15, 0.2) is 40.5 Å². The van der Waals surface area contributed by atoms with Gasteiger partial charge in [-0.25, -0.2) is 4.79 Å². The molecule has 0 bridgehead atoms. The van der Waals surface area contributed by atoms with E-state index in [0.29, 0.717) is 22.5 Å². The minimum absolute atomic E-state index is 0.0492. The Morgan fingerprint density at radius 1 is 1.17 bits per heavy atom. The van der Waals surface area contributed by atoms with Crippen LogP contribution in [0.25, 0.3) is 0 Å². The molecular formula is C17H19NO5. The first kappa shape index (κ1) is 16.7. The van der Waals surface area contributed by atoms with Crippen LogP contribution in [-0.2, 0) is 19.1 Å². The summed E-state index contributed by atoms with van der Waals surface area (Å²) in [6.45, 7) is 3.41. The highest BCUT2D eigenvalue weighted by atomic mass is 16.5. The number of methoxy groups -OCH3 is 2. The summed E-state index contributed by atoms with van der Waals surface area (Å²) in [6.07, 6.45) is 0. The zero-order valence-corrected chi connectivity index (χ0v) is 13.5. The van der Waals surface area contributed by atoms with Gasteiger partial charge < -0.3 is 14.6 Å². The smallest absolute Gasteiger partial charge is 0.336 e. The standard InChI is InChI=1S/C17H19NO5/c1-9-13(16(20)22-3)15(11-6-5-7-12(19)8-11)14(10(2)18-9)17(21)23-4/h5-8,13,15,19H,1-4H3/t13?,15-/m0/s1.